The molecule has 32 heavy (non-hydrogen) atoms. The van der Waals surface area contributed by atoms with E-state index >= 15 is 0 Å². The van der Waals surface area contributed by atoms with Crippen LogP contribution in [-0.4, -0.2) is 61.3 Å². The fourth-order valence-electron chi connectivity index (χ4n) is 2.63. The number of fused-ring (bicyclic) bond motifs is 1. The maximum Gasteiger partial charge on any atom is 0.389 e. The Labute approximate surface area is 179 Å². The summed E-state index contributed by atoms with van der Waals surface area (Å²) < 4.78 is 42.9. The molecule has 3 aromatic heterocycles. The van der Waals surface area contributed by atoms with Gasteiger partial charge in [0.2, 0.25) is 5.91 Å². The first-order valence-corrected chi connectivity index (χ1v) is 9.57. The Morgan fingerprint density at radius 1 is 1.16 bits per heavy atom. The summed E-state index contributed by atoms with van der Waals surface area (Å²) in [5.74, 6) is -1.12. The number of hydrogen-bond acceptors (Lipinski definition) is 7. The minimum absolute atomic E-state index is 0.0256. The number of halogens is 3. The van der Waals surface area contributed by atoms with Crippen LogP contribution in [0, 0.1) is 0 Å². The van der Waals surface area contributed by atoms with E-state index in [1.165, 1.54) is 21.7 Å². The average molecular weight is 454 g/mol. The number of ether oxygens (including phenoxy) is 1. The van der Waals surface area contributed by atoms with Gasteiger partial charge in [-0.3, -0.25) is 9.59 Å². The van der Waals surface area contributed by atoms with Crippen molar-refractivity contribution in [1.29, 1.82) is 0 Å². The Bertz CT molecular complexity index is 1080. The molecular formula is C18H21F3N8O3. The number of alkyl halides is 3. The van der Waals surface area contributed by atoms with E-state index in [4.69, 9.17) is 4.74 Å². The number of carbonyl (C=O) groups is 2. The zero-order valence-corrected chi connectivity index (χ0v) is 17.1. The molecule has 0 radical (unpaired) electrons. The van der Waals surface area contributed by atoms with Crippen LogP contribution in [0.2, 0.25) is 0 Å². The molecule has 0 fully saturated rings. The van der Waals surface area contributed by atoms with Gasteiger partial charge in [0.1, 0.15) is 0 Å². The summed E-state index contributed by atoms with van der Waals surface area (Å²) in [7, 11) is 1.55. The zero-order chi connectivity index (χ0) is 23.1. The lowest BCUT2D eigenvalue weighted by Crippen LogP contribution is -2.24. The molecule has 0 spiro atoms. The number of imidazole rings is 1. The Kier molecular flexibility index (Phi) is 7.35. The van der Waals surface area contributed by atoms with E-state index in [1.807, 2.05) is 0 Å². The third-order valence-electron chi connectivity index (χ3n) is 4.25. The first-order chi connectivity index (χ1) is 15.2. The molecule has 2 N–H and O–H groups in total. The van der Waals surface area contributed by atoms with Gasteiger partial charge < -0.3 is 15.4 Å². The second kappa shape index (κ2) is 10.2. The summed E-state index contributed by atoms with van der Waals surface area (Å²) in [5.41, 5.74) is 1.73. The maximum absolute atomic E-state index is 12.2. The molecule has 11 nitrogen and oxygen atoms in total. The molecule has 2 amide bonds. The van der Waals surface area contributed by atoms with Gasteiger partial charge in [-0.05, 0) is 11.6 Å². The minimum atomic E-state index is -4.37. The van der Waals surface area contributed by atoms with Gasteiger partial charge in [0.05, 0.1) is 50.4 Å². The summed E-state index contributed by atoms with van der Waals surface area (Å²) in [6.07, 6.45) is -1.73. The molecule has 0 aliphatic carbocycles. The van der Waals surface area contributed by atoms with Crippen molar-refractivity contribution in [3.8, 4) is 0 Å². The highest BCUT2D eigenvalue weighted by atomic mass is 19.4. The smallest absolute Gasteiger partial charge is 0.383 e. The van der Waals surface area contributed by atoms with Gasteiger partial charge in [-0.25, -0.2) is 9.50 Å². The average Bonchev–Trinajstić information content (AvgIpc) is 3.39. The van der Waals surface area contributed by atoms with Crippen LogP contribution in [0.5, 0.6) is 0 Å². The lowest BCUT2D eigenvalue weighted by molar-refractivity contribution is -0.144. The van der Waals surface area contributed by atoms with Crippen LogP contribution in [0.4, 0.5) is 13.2 Å². The van der Waals surface area contributed by atoms with E-state index < -0.39 is 30.8 Å². The molecule has 3 rings (SSSR count). The van der Waals surface area contributed by atoms with Crippen LogP contribution in [0.3, 0.4) is 0 Å². The Balaban J connectivity index is 1.52. The predicted molar refractivity (Wildman–Crippen MR) is 103 cm³/mol. The molecule has 3 heterocycles. The number of nitrogens with zero attached hydrogens (tertiary/aromatic N) is 6. The highest BCUT2D eigenvalue weighted by Crippen LogP contribution is 2.21. The predicted octanol–water partition coefficient (Wildman–Crippen LogP) is 0.856. The number of methoxy groups -OCH3 is 1. The van der Waals surface area contributed by atoms with E-state index in [9.17, 15) is 22.8 Å². The van der Waals surface area contributed by atoms with E-state index in [0.29, 0.717) is 30.1 Å². The van der Waals surface area contributed by atoms with Crippen molar-refractivity contribution in [1.82, 2.24) is 40.2 Å². The Morgan fingerprint density at radius 2 is 1.97 bits per heavy atom. The van der Waals surface area contributed by atoms with Crippen LogP contribution >= 0.6 is 0 Å². The molecule has 0 unspecified atom stereocenters. The third kappa shape index (κ3) is 6.73. The zero-order valence-electron chi connectivity index (χ0n) is 17.1. The first-order valence-electron chi connectivity index (χ1n) is 9.57. The van der Waals surface area contributed by atoms with E-state index in [-0.39, 0.29) is 18.8 Å². The van der Waals surface area contributed by atoms with Gasteiger partial charge in [-0.15, -0.1) is 5.10 Å². The Morgan fingerprint density at radius 3 is 2.72 bits per heavy atom. The van der Waals surface area contributed by atoms with Crippen LogP contribution in [0.25, 0.3) is 5.65 Å². The van der Waals surface area contributed by atoms with Gasteiger partial charge >= 0.3 is 6.18 Å². The van der Waals surface area contributed by atoms with Crippen molar-refractivity contribution in [3.63, 3.8) is 0 Å². The van der Waals surface area contributed by atoms with Crippen molar-refractivity contribution < 1.29 is 27.5 Å². The molecular weight excluding hydrogens is 433 g/mol. The van der Waals surface area contributed by atoms with E-state index in [1.54, 1.807) is 19.4 Å². The summed E-state index contributed by atoms with van der Waals surface area (Å²) in [5, 5.41) is 17.3. The molecule has 3 aromatic rings. The van der Waals surface area contributed by atoms with Crippen LogP contribution < -0.4 is 10.6 Å². The molecule has 0 aliphatic heterocycles. The maximum atomic E-state index is 12.2. The molecule has 172 valence electrons. The number of aromatic nitrogens is 6. The fourth-order valence-corrected chi connectivity index (χ4v) is 2.63. The molecule has 0 aromatic carbocycles. The lowest BCUT2D eigenvalue weighted by atomic mass is 10.2. The number of hydrogen-bond donors (Lipinski definition) is 2. The van der Waals surface area contributed by atoms with Gasteiger partial charge in [0.25, 0.3) is 5.91 Å². The number of nitrogens with one attached hydrogen (secondary N) is 2. The topological polar surface area (TPSA) is 128 Å². The normalized spacial score (nSPS) is 11.6. The minimum Gasteiger partial charge on any atom is -0.383 e. The largest absolute Gasteiger partial charge is 0.389 e. The monoisotopic (exact) mass is 454 g/mol. The van der Waals surface area contributed by atoms with Gasteiger partial charge in [-0.2, -0.15) is 28.2 Å². The highest BCUT2D eigenvalue weighted by molar-refractivity contribution is 5.91. The molecule has 0 saturated carbocycles. The third-order valence-corrected chi connectivity index (χ3v) is 4.25. The number of rotatable bonds is 10. The summed E-state index contributed by atoms with van der Waals surface area (Å²) in [4.78, 5) is 29.5. The SMILES string of the molecule is COCCn1ncc(C(=O)NCc2cn3ncc(CNC(=O)CCC(F)(F)F)cc3n2)n1. The molecule has 0 bridgehead atoms. The second-order valence-corrected chi connectivity index (χ2v) is 6.79. The van der Waals surface area contributed by atoms with Crippen LogP contribution in [-0.2, 0) is 29.2 Å². The van der Waals surface area contributed by atoms with Crippen LogP contribution in [0.1, 0.15) is 34.6 Å². The van der Waals surface area contributed by atoms with Crippen molar-refractivity contribution in [3.05, 3.63) is 41.6 Å². The first kappa shape index (κ1) is 23.1. The molecule has 14 heteroatoms. The van der Waals surface area contributed by atoms with Gasteiger partial charge in [-0.1, -0.05) is 0 Å². The van der Waals surface area contributed by atoms with E-state index in [2.05, 4.69) is 30.9 Å². The second-order valence-electron chi connectivity index (χ2n) is 6.79. The number of carbonyl (C=O) groups excluding carboxylic acids is 2. The van der Waals surface area contributed by atoms with E-state index in [0.717, 1.165) is 0 Å². The van der Waals surface area contributed by atoms with Crippen LogP contribution in [0.15, 0.2) is 24.7 Å². The van der Waals surface area contributed by atoms with Gasteiger partial charge in [0.15, 0.2) is 11.3 Å². The summed E-state index contributed by atoms with van der Waals surface area (Å²) in [6.45, 7) is 0.991. The number of amides is 2. The van der Waals surface area contributed by atoms with Crippen molar-refractivity contribution in [2.24, 2.45) is 0 Å². The Hall–Kier alpha value is -3.55. The lowest BCUT2D eigenvalue weighted by Gasteiger charge is -2.07. The van der Waals surface area contributed by atoms with Crippen molar-refractivity contribution in [2.75, 3.05) is 13.7 Å². The standard InChI is InChI=1S/C18H21F3N8O3/c1-32-5-4-29-25-10-14(27-29)17(31)23-9-13-11-28-15(26-13)6-12(8-24-28)7-22-16(30)2-3-18(19,20)21/h6,8,10-11H,2-5,7,9H2,1H3,(H,22,30)(H,23,31). The summed E-state index contributed by atoms with van der Waals surface area (Å²) in [6, 6.07) is 1.64. The summed E-state index contributed by atoms with van der Waals surface area (Å²) >= 11 is 0. The molecule has 0 saturated heterocycles. The highest BCUT2D eigenvalue weighted by Gasteiger charge is 2.27. The molecule has 0 atom stereocenters. The van der Waals surface area contributed by atoms with Crippen molar-refractivity contribution in [2.45, 2.75) is 38.7 Å². The quantitative estimate of drug-likeness (QED) is 0.465. The van der Waals surface area contributed by atoms with Gasteiger partial charge in [0, 0.05) is 20.1 Å². The van der Waals surface area contributed by atoms with Crippen molar-refractivity contribution >= 4 is 17.5 Å². The fraction of sp³-hybridized carbons (Fsp3) is 0.444. The molecule has 0 aliphatic rings.